The molecule has 0 aromatic rings. The molecule has 1 N–H and O–H groups in total. The number of aliphatic hydroxyl groups excluding tert-OH is 1. The van der Waals surface area contributed by atoms with Crippen molar-refractivity contribution in [2.75, 3.05) is 19.6 Å². The van der Waals surface area contributed by atoms with Crippen LogP contribution in [-0.2, 0) is 0 Å². The van der Waals surface area contributed by atoms with Gasteiger partial charge in [-0.1, -0.05) is 19.9 Å². The summed E-state index contributed by atoms with van der Waals surface area (Å²) in [6.45, 7) is 10.9. The molecule has 1 aliphatic heterocycles. The van der Waals surface area contributed by atoms with Crippen molar-refractivity contribution < 1.29 is 5.11 Å². The highest BCUT2D eigenvalue weighted by atomic mass is 16.3. The zero-order chi connectivity index (χ0) is 9.19. The lowest BCUT2D eigenvalue weighted by Gasteiger charge is -2.41. The minimum absolute atomic E-state index is 0.0638. The fraction of sp³-hybridized carbons (Fsp3) is 0.800. The molecule has 0 spiro atoms. The van der Waals surface area contributed by atoms with Gasteiger partial charge in [0.1, 0.15) is 0 Å². The first-order valence-electron chi connectivity index (χ1n) is 4.66. The molecule has 0 aliphatic carbocycles. The van der Waals surface area contributed by atoms with Gasteiger partial charge in [0.05, 0.1) is 6.10 Å². The summed E-state index contributed by atoms with van der Waals surface area (Å²) in [5, 5.41) is 9.82. The van der Waals surface area contributed by atoms with E-state index in [1.165, 1.54) is 0 Å². The molecule has 0 aromatic heterocycles. The van der Waals surface area contributed by atoms with E-state index in [2.05, 4.69) is 25.3 Å². The quantitative estimate of drug-likeness (QED) is 0.629. The molecule has 2 heteroatoms. The zero-order valence-electron chi connectivity index (χ0n) is 8.08. The van der Waals surface area contributed by atoms with E-state index in [4.69, 9.17) is 0 Å². The number of hydrogen-bond acceptors (Lipinski definition) is 2. The molecule has 0 radical (unpaired) electrons. The summed E-state index contributed by atoms with van der Waals surface area (Å²) in [6.07, 6.45) is 2.67. The molecule has 1 fully saturated rings. The van der Waals surface area contributed by atoms with Gasteiger partial charge >= 0.3 is 0 Å². The van der Waals surface area contributed by atoms with E-state index in [1.54, 1.807) is 0 Å². The molecule has 1 heterocycles. The summed E-state index contributed by atoms with van der Waals surface area (Å²) in [5.41, 5.74) is -0.0638. The van der Waals surface area contributed by atoms with Crippen molar-refractivity contribution in [3.63, 3.8) is 0 Å². The van der Waals surface area contributed by atoms with Crippen LogP contribution in [0.4, 0.5) is 0 Å². The third-order valence-electron chi connectivity index (χ3n) is 3.07. The number of piperidine rings is 1. The number of aliphatic hydroxyl groups is 1. The Labute approximate surface area is 74.9 Å². The molecular formula is C10H19NO. The largest absolute Gasteiger partial charge is 0.391 e. The topological polar surface area (TPSA) is 23.5 Å². The predicted molar refractivity (Wildman–Crippen MR) is 51.0 cm³/mol. The number of rotatable bonds is 2. The molecule has 1 aliphatic rings. The number of nitrogens with zero attached hydrogens (tertiary/aromatic N) is 1. The lowest BCUT2D eigenvalue weighted by Crippen LogP contribution is -2.48. The van der Waals surface area contributed by atoms with Crippen molar-refractivity contribution >= 4 is 0 Å². The Balaban J connectivity index is 2.58. The minimum Gasteiger partial charge on any atom is -0.391 e. The van der Waals surface area contributed by atoms with Crippen LogP contribution in [0.15, 0.2) is 12.7 Å². The second kappa shape index (κ2) is 3.58. The summed E-state index contributed by atoms with van der Waals surface area (Å²) in [5.74, 6) is 0. The first-order valence-corrected chi connectivity index (χ1v) is 4.66. The van der Waals surface area contributed by atoms with Gasteiger partial charge in [-0.3, -0.25) is 0 Å². The zero-order valence-corrected chi connectivity index (χ0v) is 8.08. The molecule has 0 amide bonds. The molecule has 0 unspecified atom stereocenters. The summed E-state index contributed by atoms with van der Waals surface area (Å²) in [6, 6.07) is 0. The summed E-state index contributed by atoms with van der Waals surface area (Å²) >= 11 is 0. The maximum atomic E-state index is 9.82. The van der Waals surface area contributed by atoms with Gasteiger partial charge in [0.2, 0.25) is 0 Å². The third kappa shape index (κ3) is 1.70. The van der Waals surface area contributed by atoms with Crippen LogP contribution in [0.1, 0.15) is 20.3 Å². The molecule has 1 saturated heterocycles. The molecule has 0 saturated carbocycles. The first kappa shape index (κ1) is 9.75. The Morgan fingerprint density at radius 2 is 2.42 bits per heavy atom. The maximum Gasteiger partial charge on any atom is 0.0755 e. The molecular weight excluding hydrogens is 150 g/mol. The first-order chi connectivity index (χ1) is 5.62. The monoisotopic (exact) mass is 169 g/mol. The van der Waals surface area contributed by atoms with Crippen LogP contribution in [0.3, 0.4) is 0 Å². The van der Waals surface area contributed by atoms with Crippen LogP contribution >= 0.6 is 0 Å². The van der Waals surface area contributed by atoms with Crippen LogP contribution in [0, 0.1) is 5.41 Å². The predicted octanol–water partition coefficient (Wildman–Crippen LogP) is 1.27. The molecule has 70 valence electrons. The van der Waals surface area contributed by atoms with Gasteiger partial charge in [-0.25, -0.2) is 0 Å². The van der Waals surface area contributed by atoms with Gasteiger partial charge in [0, 0.05) is 12.0 Å². The average molecular weight is 169 g/mol. The van der Waals surface area contributed by atoms with E-state index in [0.717, 1.165) is 26.1 Å². The smallest absolute Gasteiger partial charge is 0.0755 e. The fourth-order valence-electron chi connectivity index (χ4n) is 1.64. The Kier molecular flexibility index (Phi) is 2.91. The minimum atomic E-state index is -0.247. The average Bonchev–Trinajstić information content (AvgIpc) is 2.10. The van der Waals surface area contributed by atoms with E-state index in [0.29, 0.717) is 0 Å². The second-order valence-electron chi connectivity index (χ2n) is 3.87. The number of hydrogen-bond donors (Lipinski definition) is 1. The number of likely N-dealkylation sites (N-methyl/N-ethyl adjacent to an activating group) is 1. The second-order valence-corrected chi connectivity index (χ2v) is 3.87. The van der Waals surface area contributed by atoms with E-state index in [-0.39, 0.29) is 11.5 Å². The molecule has 0 bridgehead atoms. The maximum absolute atomic E-state index is 9.82. The standard InChI is InChI=1S/C10H19NO/c1-4-10(3)6-7-11(5-2)8-9(10)12/h4,9,12H,1,5-8H2,2-3H3/t9-,10+/m1/s1. The highest BCUT2D eigenvalue weighted by molar-refractivity contribution is 5.00. The fourth-order valence-corrected chi connectivity index (χ4v) is 1.64. The van der Waals surface area contributed by atoms with Crippen molar-refractivity contribution in [2.45, 2.75) is 26.4 Å². The van der Waals surface area contributed by atoms with Crippen molar-refractivity contribution in [1.29, 1.82) is 0 Å². The Hall–Kier alpha value is -0.340. The molecule has 2 nitrogen and oxygen atoms in total. The molecule has 0 aromatic carbocycles. The van der Waals surface area contributed by atoms with Gasteiger partial charge in [-0.2, -0.15) is 0 Å². The van der Waals surface area contributed by atoms with E-state index in [9.17, 15) is 5.11 Å². The Morgan fingerprint density at radius 1 is 1.75 bits per heavy atom. The van der Waals surface area contributed by atoms with Crippen LogP contribution < -0.4 is 0 Å². The van der Waals surface area contributed by atoms with Crippen molar-refractivity contribution in [3.05, 3.63) is 12.7 Å². The normalized spacial score (nSPS) is 38.1. The van der Waals surface area contributed by atoms with Crippen molar-refractivity contribution in [3.8, 4) is 0 Å². The van der Waals surface area contributed by atoms with E-state index >= 15 is 0 Å². The van der Waals surface area contributed by atoms with Crippen LogP contribution in [0.5, 0.6) is 0 Å². The van der Waals surface area contributed by atoms with E-state index in [1.807, 2.05) is 6.08 Å². The number of β-amino-alcohol motifs (C(OH)–C–C–N with tert-alkyl or cyclic N) is 1. The molecule has 1 rings (SSSR count). The molecule has 2 atom stereocenters. The van der Waals surface area contributed by atoms with Gasteiger partial charge in [0.25, 0.3) is 0 Å². The summed E-state index contributed by atoms with van der Waals surface area (Å²) in [7, 11) is 0. The SMILES string of the molecule is C=C[C@@]1(C)CCN(CC)C[C@H]1O. The Bertz CT molecular complexity index is 169. The number of likely N-dealkylation sites (tertiary alicyclic amines) is 1. The van der Waals surface area contributed by atoms with Gasteiger partial charge in [-0.15, -0.1) is 6.58 Å². The van der Waals surface area contributed by atoms with Crippen LogP contribution in [-0.4, -0.2) is 35.7 Å². The highest BCUT2D eigenvalue weighted by Crippen LogP contribution is 2.31. The lowest BCUT2D eigenvalue weighted by molar-refractivity contribution is -0.00717. The summed E-state index contributed by atoms with van der Waals surface area (Å²) < 4.78 is 0. The van der Waals surface area contributed by atoms with Crippen LogP contribution in [0.25, 0.3) is 0 Å². The molecule has 12 heavy (non-hydrogen) atoms. The van der Waals surface area contributed by atoms with Gasteiger partial charge in [0.15, 0.2) is 0 Å². The highest BCUT2D eigenvalue weighted by Gasteiger charge is 2.34. The third-order valence-corrected chi connectivity index (χ3v) is 3.07. The van der Waals surface area contributed by atoms with Gasteiger partial charge in [-0.05, 0) is 19.5 Å². The van der Waals surface area contributed by atoms with E-state index < -0.39 is 0 Å². The lowest BCUT2D eigenvalue weighted by atomic mass is 9.78. The van der Waals surface area contributed by atoms with Crippen LogP contribution in [0.2, 0.25) is 0 Å². The van der Waals surface area contributed by atoms with Crippen molar-refractivity contribution in [1.82, 2.24) is 4.90 Å². The summed E-state index contributed by atoms with van der Waals surface area (Å²) in [4.78, 5) is 2.27. The van der Waals surface area contributed by atoms with Gasteiger partial charge < -0.3 is 10.0 Å². The van der Waals surface area contributed by atoms with Crippen molar-refractivity contribution in [2.24, 2.45) is 5.41 Å². The Morgan fingerprint density at radius 3 is 2.83 bits per heavy atom.